The molecule has 3 fully saturated rings. The van der Waals surface area contributed by atoms with Crippen molar-refractivity contribution in [1.82, 2.24) is 10.6 Å². The average molecular weight is 675 g/mol. The zero-order valence-corrected chi connectivity index (χ0v) is 24.7. The van der Waals surface area contributed by atoms with Crippen LogP contribution in [0.15, 0.2) is 0 Å². The molecule has 0 aromatic heterocycles. The van der Waals surface area contributed by atoms with Gasteiger partial charge in [0.25, 0.3) is 5.79 Å². The van der Waals surface area contributed by atoms with Gasteiger partial charge in [-0.05, 0) is 0 Å². The van der Waals surface area contributed by atoms with Crippen molar-refractivity contribution in [3.05, 3.63) is 0 Å². The Hall–Kier alpha value is -2.19. The van der Waals surface area contributed by atoms with E-state index in [1.54, 1.807) is 0 Å². The number of carboxylic acid groups (broad SMARTS) is 1. The second-order valence-electron chi connectivity index (χ2n) is 11.3. The number of nitrogens with one attached hydrogen (secondary N) is 2. The second-order valence-corrected chi connectivity index (χ2v) is 11.3. The number of aliphatic hydroxyl groups is 10. The fraction of sp³-hybridized carbons (Fsp3) is 0.880. The van der Waals surface area contributed by atoms with E-state index in [4.69, 9.17) is 23.7 Å². The number of aliphatic hydroxyl groups excluding tert-OH is 10. The van der Waals surface area contributed by atoms with Gasteiger partial charge < -0.3 is 90.5 Å². The summed E-state index contributed by atoms with van der Waals surface area (Å²) in [6, 6.07) is -3.06. The monoisotopic (exact) mass is 674 g/mol. The smallest absolute Gasteiger partial charge is 0.364 e. The molecule has 0 spiro atoms. The van der Waals surface area contributed by atoms with Crippen LogP contribution in [0.4, 0.5) is 0 Å². The maximum absolute atomic E-state index is 12.5. The van der Waals surface area contributed by atoms with Crippen molar-refractivity contribution in [3.8, 4) is 0 Å². The molecule has 3 aliphatic rings. The Kier molecular flexibility index (Phi) is 13.1. The first kappa shape index (κ1) is 38.3. The summed E-state index contributed by atoms with van der Waals surface area (Å²) in [5.74, 6) is -6.18. The topological polar surface area (TPSA) is 344 Å². The van der Waals surface area contributed by atoms with Gasteiger partial charge in [-0.1, -0.05) is 0 Å². The summed E-state index contributed by atoms with van der Waals surface area (Å²) in [4.78, 5) is 36.0. The van der Waals surface area contributed by atoms with E-state index in [9.17, 15) is 70.6 Å². The van der Waals surface area contributed by atoms with Crippen molar-refractivity contribution in [2.75, 3.05) is 19.8 Å². The van der Waals surface area contributed by atoms with Gasteiger partial charge in [-0.15, -0.1) is 0 Å². The molecule has 16 atom stereocenters. The van der Waals surface area contributed by atoms with Crippen LogP contribution in [0.3, 0.4) is 0 Å². The SMILES string of the molecule is CC(=O)N[C@@H]1[C@@H](O[C@@H]2O[C@H](CO)[C@H](O)[C@H](O)[C@H]2O)[C@@H](O)[C@@H](CO[C@@]2(C(=O)O)C[C@H](O)[C@@H](NC(C)=O)[C@H]([C@H](O)[C@H](O)CO)O2)O[C@H]1O. The molecule has 3 heterocycles. The maximum Gasteiger partial charge on any atom is 0.364 e. The van der Waals surface area contributed by atoms with Crippen LogP contribution < -0.4 is 10.6 Å². The largest absolute Gasteiger partial charge is 0.477 e. The third-order valence-corrected chi connectivity index (χ3v) is 7.87. The van der Waals surface area contributed by atoms with E-state index in [0.717, 1.165) is 13.8 Å². The molecule has 266 valence electrons. The van der Waals surface area contributed by atoms with Crippen molar-refractivity contribution in [2.45, 2.75) is 118 Å². The molecule has 0 unspecified atom stereocenters. The summed E-state index contributed by atoms with van der Waals surface area (Å²) in [6.45, 7) is -0.705. The minimum atomic E-state index is -2.84. The normalized spacial score (nSPS) is 42.9. The highest BCUT2D eigenvalue weighted by Crippen LogP contribution is 2.35. The van der Waals surface area contributed by atoms with Gasteiger partial charge in [0.2, 0.25) is 11.8 Å². The highest BCUT2D eigenvalue weighted by molar-refractivity contribution is 5.76. The Bertz CT molecular complexity index is 1050. The first-order chi connectivity index (χ1) is 21.5. The summed E-state index contributed by atoms with van der Waals surface area (Å²) in [5.41, 5.74) is 0. The van der Waals surface area contributed by atoms with Crippen LogP contribution in [0, 0.1) is 0 Å². The zero-order chi connectivity index (χ0) is 34.7. The predicted molar refractivity (Wildman–Crippen MR) is 142 cm³/mol. The van der Waals surface area contributed by atoms with Crippen LogP contribution in [0.5, 0.6) is 0 Å². The lowest BCUT2D eigenvalue weighted by atomic mass is 9.88. The molecule has 21 nitrogen and oxygen atoms in total. The van der Waals surface area contributed by atoms with Crippen LogP contribution in [-0.4, -0.2) is 191 Å². The molecule has 0 aromatic rings. The van der Waals surface area contributed by atoms with E-state index in [1.807, 2.05) is 0 Å². The number of hydrogen-bond donors (Lipinski definition) is 13. The summed E-state index contributed by atoms with van der Waals surface area (Å²) >= 11 is 0. The molecule has 0 bridgehead atoms. The zero-order valence-electron chi connectivity index (χ0n) is 24.7. The van der Waals surface area contributed by atoms with Crippen molar-refractivity contribution in [1.29, 1.82) is 0 Å². The first-order valence-electron chi connectivity index (χ1n) is 14.2. The highest BCUT2D eigenvalue weighted by atomic mass is 16.7. The number of carbonyl (C=O) groups excluding carboxylic acids is 2. The standard InChI is InChI=1S/C25H42N2O19/c1-7(30)26-13-9(32)3-25(24(40)41,46-21(13)15(34)10(33)4-28)42-6-12-17(36)20(14(22(39)43-12)27-8(2)31)45-23-19(38)18(37)16(35)11(5-29)44-23/h9-23,28-29,32-39H,3-6H2,1-2H3,(H,26,30)(H,27,31)(H,40,41)/t9-,10+,11+,12+,13+,14+,15+,16-,17-,18-,19+,20+,21+,22+,23-,25-/m0/s1. The van der Waals surface area contributed by atoms with E-state index in [1.165, 1.54) is 0 Å². The molecule has 13 N–H and O–H groups in total. The van der Waals surface area contributed by atoms with Crippen LogP contribution in [-0.2, 0) is 38.1 Å². The van der Waals surface area contributed by atoms with Gasteiger partial charge in [-0.3, -0.25) is 9.59 Å². The van der Waals surface area contributed by atoms with Crippen LogP contribution in [0.1, 0.15) is 20.3 Å². The number of rotatable bonds is 12. The molecule has 0 radical (unpaired) electrons. The van der Waals surface area contributed by atoms with Gasteiger partial charge in [0.15, 0.2) is 12.6 Å². The van der Waals surface area contributed by atoms with Crippen LogP contribution >= 0.6 is 0 Å². The van der Waals surface area contributed by atoms with E-state index in [0.29, 0.717) is 0 Å². The summed E-state index contributed by atoms with van der Waals surface area (Å²) in [6.07, 6.45) is -24.8. The third-order valence-electron chi connectivity index (χ3n) is 7.87. The molecule has 0 aliphatic carbocycles. The van der Waals surface area contributed by atoms with E-state index in [-0.39, 0.29) is 0 Å². The molecule has 0 saturated carbocycles. The number of aliphatic carboxylic acids is 1. The molecular weight excluding hydrogens is 632 g/mol. The van der Waals surface area contributed by atoms with Gasteiger partial charge in [0.05, 0.1) is 32.0 Å². The fourth-order valence-electron chi connectivity index (χ4n) is 5.45. The predicted octanol–water partition coefficient (Wildman–Crippen LogP) is -8.08. The Labute approximate surface area is 260 Å². The molecule has 2 amide bonds. The van der Waals surface area contributed by atoms with Gasteiger partial charge in [0.1, 0.15) is 67.1 Å². The van der Waals surface area contributed by atoms with Crippen molar-refractivity contribution < 1.29 is 94.2 Å². The number of hydrogen-bond acceptors (Lipinski definition) is 18. The molecule has 46 heavy (non-hydrogen) atoms. The van der Waals surface area contributed by atoms with E-state index in [2.05, 4.69) is 10.6 Å². The molecular formula is C25H42N2O19. The summed E-state index contributed by atoms with van der Waals surface area (Å²) in [7, 11) is 0. The maximum atomic E-state index is 12.5. The van der Waals surface area contributed by atoms with E-state index >= 15 is 0 Å². The molecule has 21 heteroatoms. The lowest BCUT2D eigenvalue weighted by Crippen LogP contribution is -2.69. The minimum Gasteiger partial charge on any atom is -0.477 e. The lowest BCUT2D eigenvalue weighted by Gasteiger charge is -2.48. The van der Waals surface area contributed by atoms with Gasteiger partial charge in [0, 0.05) is 20.3 Å². The molecule has 3 aliphatic heterocycles. The fourth-order valence-corrected chi connectivity index (χ4v) is 5.45. The second kappa shape index (κ2) is 15.8. The van der Waals surface area contributed by atoms with E-state index < -0.39 is 142 Å². The van der Waals surface area contributed by atoms with Crippen molar-refractivity contribution >= 4 is 17.8 Å². The molecule has 3 saturated heterocycles. The van der Waals surface area contributed by atoms with Gasteiger partial charge >= 0.3 is 5.97 Å². The number of ether oxygens (including phenoxy) is 5. The third kappa shape index (κ3) is 8.26. The van der Waals surface area contributed by atoms with Crippen molar-refractivity contribution in [2.24, 2.45) is 0 Å². The molecule has 3 rings (SSSR count). The quantitative estimate of drug-likeness (QED) is 0.0913. The Morgan fingerprint density at radius 1 is 0.870 bits per heavy atom. The Morgan fingerprint density at radius 2 is 1.48 bits per heavy atom. The van der Waals surface area contributed by atoms with Gasteiger partial charge in [-0.2, -0.15) is 0 Å². The lowest BCUT2D eigenvalue weighted by molar-refractivity contribution is -0.351. The number of carbonyl (C=O) groups is 3. The summed E-state index contributed by atoms with van der Waals surface area (Å²) < 4.78 is 27.2. The van der Waals surface area contributed by atoms with Crippen LogP contribution in [0.2, 0.25) is 0 Å². The van der Waals surface area contributed by atoms with Gasteiger partial charge in [-0.25, -0.2) is 4.79 Å². The minimum absolute atomic E-state index is 0.723. The van der Waals surface area contributed by atoms with Crippen LogP contribution in [0.25, 0.3) is 0 Å². The Morgan fingerprint density at radius 3 is 2.02 bits per heavy atom. The number of amides is 2. The highest BCUT2D eigenvalue weighted by Gasteiger charge is 2.57. The average Bonchev–Trinajstić information content (AvgIpc) is 2.99. The first-order valence-corrected chi connectivity index (χ1v) is 14.2. The van der Waals surface area contributed by atoms with Crippen molar-refractivity contribution in [3.63, 3.8) is 0 Å². The molecule has 0 aromatic carbocycles. The number of carboxylic acids is 1. The summed E-state index contributed by atoms with van der Waals surface area (Å²) in [5, 5.41) is 117. The Balaban J connectivity index is 1.87.